The number of hydrogen-bond donors (Lipinski definition) is 2. The van der Waals surface area contributed by atoms with Gasteiger partial charge < -0.3 is 5.73 Å². The standard InChI is InChI=1S/C8H7BrN4O/c9-5-1-4(2-11-3-5)6-7(14)13-8(10)12-6/h1-3,6H,(H3,10,12,13,14). The monoisotopic (exact) mass is 254 g/mol. The molecule has 72 valence electrons. The van der Waals surface area contributed by atoms with Crippen LogP contribution in [0.5, 0.6) is 0 Å². The van der Waals surface area contributed by atoms with E-state index in [0.717, 1.165) is 10.0 Å². The summed E-state index contributed by atoms with van der Waals surface area (Å²) in [6.45, 7) is 0. The predicted molar refractivity (Wildman–Crippen MR) is 54.4 cm³/mol. The molecule has 14 heavy (non-hydrogen) atoms. The van der Waals surface area contributed by atoms with Crippen molar-refractivity contribution in [2.45, 2.75) is 6.04 Å². The molecular weight excluding hydrogens is 248 g/mol. The van der Waals surface area contributed by atoms with Crippen LogP contribution >= 0.6 is 15.9 Å². The van der Waals surface area contributed by atoms with E-state index in [-0.39, 0.29) is 11.9 Å². The zero-order valence-corrected chi connectivity index (χ0v) is 8.65. The largest absolute Gasteiger partial charge is 0.370 e. The van der Waals surface area contributed by atoms with Gasteiger partial charge in [-0.15, -0.1) is 0 Å². The summed E-state index contributed by atoms with van der Waals surface area (Å²) < 4.78 is 0.809. The molecule has 0 aliphatic carbocycles. The molecule has 1 amide bonds. The number of carbonyl (C=O) groups is 1. The van der Waals surface area contributed by atoms with E-state index in [4.69, 9.17) is 5.73 Å². The molecule has 1 aromatic rings. The summed E-state index contributed by atoms with van der Waals surface area (Å²) in [5, 5.41) is 2.43. The smallest absolute Gasteiger partial charge is 0.256 e. The van der Waals surface area contributed by atoms with E-state index < -0.39 is 6.04 Å². The van der Waals surface area contributed by atoms with Crippen molar-refractivity contribution in [3.8, 4) is 0 Å². The third kappa shape index (κ3) is 1.60. The molecule has 2 heterocycles. The van der Waals surface area contributed by atoms with Crippen molar-refractivity contribution in [3.63, 3.8) is 0 Å². The van der Waals surface area contributed by atoms with Gasteiger partial charge in [-0.2, -0.15) is 0 Å². The normalized spacial score (nSPS) is 20.5. The lowest BCUT2D eigenvalue weighted by atomic mass is 10.1. The summed E-state index contributed by atoms with van der Waals surface area (Å²) in [7, 11) is 0. The molecule has 0 fully saturated rings. The van der Waals surface area contributed by atoms with Gasteiger partial charge in [-0.05, 0) is 22.0 Å². The second-order valence-corrected chi connectivity index (χ2v) is 3.76. The number of hydrogen-bond acceptors (Lipinski definition) is 4. The number of guanidine groups is 1. The fourth-order valence-electron chi connectivity index (χ4n) is 1.23. The van der Waals surface area contributed by atoms with Gasteiger partial charge in [0.25, 0.3) is 5.91 Å². The number of amides is 1. The van der Waals surface area contributed by atoms with Crippen LogP contribution in [0.15, 0.2) is 27.9 Å². The molecule has 0 spiro atoms. The van der Waals surface area contributed by atoms with Gasteiger partial charge in [-0.25, -0.2) is 4.99 Å². The van der Waals surface area contributed by atoms with Gasteiger partial charge >= 0.3 is 0 Å². The zero-order valence-electron chi connectivity index (χ0n) is 7.07. The van der Waals surface area contributed by atoms with Gasteiger partial charge in [0, 0.05) is 22.4 Å². The van der Waals surface area contributed by atoms with Crippen molar-refractivity contribution < 1.29 is 4.79 Å². The SMILES string of the molecule is NC1=NC(c2cncc(Br)c2)C(=O)N1. The molecule has 0 radical (unpaired) electrons. The number of aliphatic imine (C=N–C) groups is 1. The van der Waals surface area contributed by atoms with Crippen LogP contribution in [0.3, 0.4) is 0 Å². The van der Waals surface area contributed by atoms with Gasteiger partial charge in [0.2, 0.25) is 0 Å². The van der Waals surface area contributed by atoms with Gasteiger partial charge in [0.1, 0.15) is 0 Å². The molecule has 1 atom stereocenters. The number of carbonyl (C=O) groups excluding carboxylic acids is 1. The second-order valence-electron chi connectivity index (χ2n) is 2.84. The Kier molecular flexibility index (Phi) is 2.20. The number of nitrogens with one attached hydrogen (secondary N) is 1. The van der Waals surface area contributed by atoms with Crippen molar-refractivity contribution in [2.24, 2.45) is 10.7 Å². The molecule has 0 bridgehead atoms. The number of aromatic nitrogens is 1. The maximum Gasteiger partial charge on any atom is 0.256 e. The van der Waals surface area contributed by atoms with Crippen molar-refractivity contribution in [2.75, 3.05) is 0 Å². The van der Waals surface area contributed by atoms with E-state index in [1.165, 1.54) is 0 Å². The average Bonchev–Trinajstić information content (AvgIpc) is 2.45. The summed E-state index contributed by atoms with van der Waals surface area (Å²) in [5.74, 6) is -0.0672. The minimum atomic E-state index is -0.569. The molecule has 1 unspecified atom stereocenters. The van der Waals surface area contributed by atoms with Crippen molar-refractivity contribution in [1.82, 2.24) is 10.3 Å². The molecule has 6 heteroatoms. The minimum absolute atomic E-state index is 0.153. The molecule has 1 aliphatic rings. The Morgan fingerprint density at radius 1 is 1.50 bits per heavy atom. The highest BCUT2D eigenvalue weighted by molar-refractivity contribution is 9.10. The highest BCUT2D eigenvalue weighted by Crippen LogP contribution is 2.22. The molecule has 0 saturated carbocycles. The first-order valence-corrected chi connectivity index (χ1v) is 4.71. The number of rotatable bonds is 1. The van der Waals surface area contributed by atoms with Crippen LogP contribution < -0.4 is 11.1 Å². The summed E-state index contributed by atoms with van der Waals surface area (Å²) in [6.07, 6.45) is 3.24. The van der Waals surface area contributed by atoms with Crippen LogP contribution in [0, 0.1) is 0 Å². The highest BCUT2D eigenvalue weighted by Gasteiger charge is 2.26. The van der Waals surface area contributed by atoms with Crippen LogP contribution in [0.1, 0.15) is 11.6 Å². The fourth-order valence-corrected chi connectivity index (χ4v) is 1.61. The number of halogens is 1. The Hall–Kier alpha value is -1.43. The fraction of sp³-hybridized carbons (Fsp3) is 0.125. The van der Waals surface area contributed by atoms with Crippen molar-refractivity contribution >= 4 is 27.8 Å². The van der Waals surface area contributed by atoms with E-state index in [2.05, 4.69) is 31.2 Å². The van der Waals surface area contributed by atoms with Crippen LogP contribution in [0.25, 0.3) is 0 Å². The molecule has 2 rings (SSSR count). The van der Waals surface area contributed by atoms with Gasteiger partial charge in [0.05, 0.1) is 0 Å². The summed E-state index contributed by atoms with van der Waals surface area (Å²) in [4.78, 5) is 19.3. The first-order chi connectivity index (χ1) is 6.66. The van der Waals surface area contributed by atoms with Gasteiger partial charge in [-0.3, -0.25) is 15.1 Å². The maximum absolute atomic E-state index is 11.3. The molecule has 3 N–H and O–H groups in total. The zero-order chi connectivity index (χ0) is 10.1. The Balaban J connectivity index is 2.36. The lowest BCUT2D eigenvalue weighted by molar-refractivity contribution is -0.120. The molecule has 0 saturated heterocycles. The van der Waals surface area contributed by atoms with E-state index >= 15 is 0 Å². The van der Waals surface area contributed by atoms with E-state index in [9.17, 15) is 4.79 Å². The quantitative estimate of drug-likeness (QED) is 0.758. The summed E-state index contributed by atoms with van der Waals surface area (Å²) >= 11 is 3.27. The first-order valence-electron chi connectivity index (χ1n) is 3.91. The first kappa shape index (κ1) is 9.14. The molecule has 0 aromatic carbocycles. The Bertz CT molecular complexity index is 418. The van der Waals surface area contributed by atoms with Gasteiger partial charge in [0.15, 0.2) is 12.0 Å². The predicted octanol–water partition coefficient (Wildman–Crippen LogP) is 0.330. The van der Waals surface area contributed by atoms with Crippen molar-refractivity contribution in [3.05, 3.63) is 28.5 Å². The van der Waals surface area contributed by atoms with E-state index in [0.29, 0.717) is 0 Å². The summed E-state index contributed by atoms with van der Waals surface area (Å²) in [6, 6.07) is 1.22. The molecule has 5 nitrogen and oxygen atoms in total. The Morgan fingerprint density at radius 3 is 2.86 bits per heavy atom. The third-order valence-electron chi connectivity index (χ3n) is 1.81. The molecular formula is C8H7BrN4O. The molecule has 1 aromatic heterocycles. The van der Waals surface area contributed by atoms with Crippen LogP contribution in [-0.2, 0) is 4.79 Å². The lowest BCUT2D eigenvalue weighted by Crippen LogP contribution is -2.31. The van der Waals surface area contributed by atoms with E-state index in [1.54, 1.807) is 18.5 Å². The number of nitrogens with two attached hydrogens (primary N) is 1. The minimum Gasteiger partial charge on any atom is -0.370 e. The Labute approximate surface area is 88.6 Å². The second kappa shape index (κ2) is 3.38. The summed E-state index contributed by atoms with van der Waals surface area (Å²) in [5.41, 5.74) is 6.10. The lowest BCUT2D eigenvalue weighted by Gasteiger charge is -2.03. The van der Waals surface area contributed by atoms with Crippen LogP contribution in [0.2, 0.25) is 0 Å². The average molecular weight is 255 g/mol. The van der Waals surface area contributed by atoms with Crippen LogP contribution in [0.4, 0.5) is 0 Å². The number of nitrogens with zero attached hydrogens (tertiary/aromatic N) is 2. The highest BCUT2D eigenvalue weighted by atomic mass is 79.9. The number of pyridine rings is 1. The van der Waals surface area contributed by atoms with Crippen LogP contribution in [-0.4, -0.2) is 16.9 Å². The van der Waals surface area contributed by atoms with Gasteiger partial charge in [-0.1, -0.05) is 0 Å². The maximum atomic E-state index is 11.3. The Morgan fingerprint density at radius 2 is 2.29 bits per heavy atom. The third-order valence-corrected chi connectivity index (χ3v) is 2.24. The molecule has 1 aliphatic heterocycles. The van der Waals surface area contributed by atoms with Crippen molar-refractivity contribution in [1.29, 1.82) is 0 Å². The topological polar surface area (TPSA) is 80.4 Å². The van der Waals surface area contributed by atoms with E-state index in [1.807, 2.05) is 0 Å².